The molecule has 1 aromatic rings. The SMILES string of the molecule is CN(CCCCCO)CCCOc1cccc(C#N)c1. The molecule has 0 saturated carbocycles. The van der Waals surface area contributed by atoms with Crippen LogP contribution in [0.25, 0.3) is 0 Å². The summed E-state index contributed by atoms with van der Waals surface area (Å²) in [4.78, 5) is 2.28. The average molecular weight is 276 g/mol. The Balaban J connectivity index is 2.10. The maximum absolute atomic E-state index is 8.80. The first kappa shape index (κ1) is 16.5. The van der Waals surface area contributed by atoms with Crippen LogP contribution in [0.3, 0.4) is 0 Å². The van der Waals surface area contributed by atoms with Gasteiger partial charge in [0.25, 0.3) is 0 Å². The highest BCUT2D eigenvalue weighted by Crippen LogP contribution is 2.12. The smallest absolute Gasteiger partial charge is 0.120 e. The highest BCUT2D eigenvalue weighted by Gasteiger charge is 2.00. The normalized spacial score (nSPS) is 10.5. The average Bonchev–Trinajstić information content (AvgIpc) is 2.48. The van der Waals surface area contributed by atoms with Crippen LogP contribution in [0.1, 0.15) is 31.2 Å². The second-order valence-corrected chi connectivity index (χ2v) is 4.93. The number of hydrogen-bond acceptors (Lipinski definition) is 4. The Hall–Kier alpha value is -1.57. The Labute approximate surface area is 121 Å². The van der Waals surface area contributed by atoms with Crippen LogP contribution in [0.15, 0.2) is 24.3 Å². The Morgan fingerprint density at radius 2 is 2.00 bits per heavy atom. The van der Waals surface area contributed by atoms with E-state index < -0.39 is 0 Å². The first-order valence-corrected chi connectivity index (χ1v) is 7.18. The Bertz CT molecular complexity index is 415. The number of unbranched alkanes of at least 4 members (excludes halogenated alkanes) is 2. The number of benzene rings is 1. The lowest BCUT2D eigenvalue weighted by Gasteiger charge is -2.16. The minimum Gasteiger partial charge on any atom is -0.494 e. The number of aliphatic hydroxyl groups excluding tert-OH is 1. The van der Waals surface area contributed by atoms with Gasteiger partial charge in [0.15, 0.2) is 0 Å². The van der Waals surface area contributed by atoms with Gasteiger partial charge in [-0.25, -0.2) is 0 Å². The van der Waals surface area contributed by atoms with Crippen LogP contribution in [0, 0.1) is 11.3 Å². The lowest BCUT2D eigenvalue weighted by molar-refractivity contribution is 0.252. The fraction of sp³-hybridized carbons (Fsp3) is 0.562. The van der Waals surface area contributed by atoms with Gasteiger partial charge < -0.3 is 14.7 Å². The molecule has 0 spiro atoms. The molecule has 4 heteroatoms. The molecule has 20 heavy (non-hydrogen) atoms. The molecule has 0 fully saturated rings. The van der Waals surface area contributed by atoms with Gasteiger partial charge in [-0.1, -0.05) is 6.07 Å². The first-order chi connectivity index (χ1) is 9.76. The molecule has 0 amide bonds. The molecule has 0 aliphatic rings. The van der Waals surface area contributed by atoms with Crippen LogP contribution in [-0.2, 0) is 0 Å². The van der Waals surface area contributed by atoms with Crippen molar-refractivity contribution in [2.75, 3.05) is 33.4 Å². The molecule has 0 bridgehead atoms. The molecule has 0 aliphatic heterocycles. The summed E-state index contributed by atoms with van der Waals surface area (Å²) in [6, 6.07) is 9.35. The molecule has 0 aromatic heterocycles. The number of nitrogens with zero attached hydrogens (tertiary/aromatic N) is 2. The summed E-state index contributed by atoms with van der Waals surface area (Å²) in [5, 5.41) is 17.5. The largest absolute Gasteiger partial charge is 0.494 e. The summed E-state index contributed by atoms with van der Waals surface area (Å²) in [7, 11) is 2.11. The maximum Gasteiger partial charge on any atom is 0.120 e. The number of rotatable bonds is 10. The van der Waals surface area contributed by atoms with Crippen molar-refractivity contribution in [1.29, 1.82) is 5.26 Å². The first-order valence-electron chi connectivity index (χ1n) is 7.18. The standard InChI is InChI=1S/C16H24N2O2/c1-18(9-3-2-4-11-19)10-6-12-20-16-8-5-7-15(13-16)14-17/h5,7-8,13,19H,2-4,6,9-12H2,1H3. The van der Waals surface area contributed by atoms with Crippen LogP contribution in [0.2, 0.25) is 0 Å². The van der Waals surface area contributed by atoms with Gasteiger partial charge in [0.1, 0.15) is 5.75 Å². The second-order valence-electron chi connectivity index (χ2n) is 4.93. The van der Waals surface area contributed by atoms with E-state index in [0.717, 1.165) is 44.5 Å². The Morgan fingerprint density at radius 3 is 2.75 bits per heavy atom. The van der Waals surface area contributed by atoms with E-state index in [1.165, 1.54) is 0 Å². The van der Waals surface area contributed by atoms with Crippen LogP contribution in [0.5, 0.6) is 5.75 Å². The summed E-state index contributed by atoms with van der Waals surface area (Å²) in [6.45, 7) is 3.01. The minimum absolute atomic E-state index is 0.291. The van der Waals surface area contributed by atoms with Crippen molar-refractivity contribution >= 4 is 0 Å². The van der Waals surface area contributed by atoms with Gasteiger partial charge in [-0.3, -0.25) is 0 Å². The van der Waals surface area contributed by atoms with Gasteiger partial charge in [0, 0.05) is 13.2 Å². The van der Waals surface area contributed by atoms with E-state index in [2.05, 4.69) is 18.0 Å². The van der Waals surface area contributed by atoms with E-state index in [9.17, 15) is 0 Å². The molecule has 0 aliphatic carbocycles. The number of ether oxygens (including phenoxy) is 1. The predicted molar refractivity (Wildman–Crippen MR) is 79.7 cm³/mol. The molecule has 4 nitrogen and oxygen atoms in total. The van der Waals surface area contributed by atoms with Crippen molar-refractivity contribution in [3.8, 4) is 11.8 Å². The zero-order chi connectivity index (χ0) is 14.6. The lowest BCUT2D eigenvalue weighted by atomic mass is 10.2. The van der Waals surface area contributed by atoms with E-state index in [1.54, 1.807) is 12.1 Å². The van der Waals surface area contributed by atoms with E-state index >= 15 is 0 Å². The molecular formula is C16H24N2O2. The summed E-state index contributed by atoms with van der Waals surface area (Å²) in [5.74, 6) is 0.759. The zero-order valence-corrected chi connectivity index (χ0v) is 12.2. The van der Waals surface area contributed by atoms with Crippen LogP contribution < -0.4 is 4.74 Å². The highest BCUT2D eigenvalue weighted by molar-refractivity contribution is 5.36. The zero-order valence-electron chi connectivity index (χ0n) is 12.2. The quantitative estimate of drug-likeness (QED) is 0.667. The van der Waals surface area contributed by atoms with Crippen molar-refractivity contribution in [3.63, 3.8) is 0 Å². The van der Waals surface area contributed by atoms with Gasteiger partial charge in [0.05, 0.1) is 18.2 Å². The van der Waals surface area contributed by atoms with Gasteiger partial charge >= 0.3 is 0 Å². The van der Waals surface area contributed by atoms with Gasteiger partial charge in [-0.05, 0) is 57.5 Å². The van der Waals surface area contributed by atoms with Crippen LogP contribution in [-0.4, -0.2) is 43.4 Å². The van der Waals surface area contributed by atoms with E-state index in [0.29, 0.717) is 18.8 Å². The third kappa shape index (κ3) is 7.13. The third-order valence-corrected chi connectivity index (χ3v) is 3.11. The molecule has 1 aromatic carbocycles. The number of aliphatic hydroxyl groups is 1. The minimum atomic E-state index is 0.291. The molecule has 1 rings (SSSR count). The summed E-state index contributed by atoms with van der Waals surface area (Å²) in [6.07, 6.45) is 4.07. The lowest BCUT2D eigenvalue weighted by Crippen LogP contribution is -2.22. The Morgan fingerprint density at radius 1 is 1.20 bits per heavy atom. The van der Waals surface area contributed by atoms with Crippen LogP contribution >= 0.6 is 0 Å². The summed E-state index contributed by atoms with van der Waals surface area (Å²) >= 11 is 0. The number of nitriles is 1. The van der Waals surface area contributed by atoms with Gasteiger partial charge in [-0.2, -0.15) is 5.26 Å². The predicted octanol–water partition coefficient (Wildman–Crippen LogP) is 2.42. The summed E-state index contributed by atoms with van der Waals surface area (Å²) < 4.78 is 5.63. The number of hydrogen-bond donors (Lipinski definition) is 1. The fourth-order valence-electron chi connectivity index (χ4n) is 1.96. The van der Waals surface area contributed by atoms with Gasteiger partial charge in [-0.15, -0.1) is 0 Å². The molecule has 1 N–H and O–H groups in total. The summed E-state index contributed by atoms with van der Waals surface area (Å²) in [5.41, 5.74) is 0.628. The van der Waals surface area contributed by atoms with Crippen molar-refractivity contribution in [2.24, 2.45) is 0 Å². The van der Waals surface area contributed by atoms with Crippen molar-refractivity contribution in [1.82, 2.24) is 4.90 Å². The monoisotopic (exact) mass is 276 g/mol. The highest BCUT2D eigenvalue weighted by atomic mass is 16.5. The van der Waals surface area contributed by atoms with Crippen LogP contribution in [0.4, 0.5) is 0 Å². The van der Waals surface area contributed by atoms with Gasteiger partial charge in [0.2, 0.25) is 0 Å². The maximum atomic E-state index is 8.80. The molecule has 0 radical (unpaired) electrons. The second kappa shape index (κ2) is 10.2. The molecule has 110 valence electrons. The topological polar surface area (TPSA) is 56.5 Å². The molecule has 0 heterocycles. The van der Waals surface area contributed by atoms with E-state index in [4.69, 9.17) is 15.1 Å². The van der Waals surface area contributed by atoms with E-state index in [1.807, 2.05) is 12.1 Å². The van der Waals surface area contributed by atoms with E-state index in [-0.39, 0.29) is 0 Å². The molecule has 0 atom stereocenters. The molecular weight excluding hydrogens is 252 g/mol. The fourth-order valence-corrected chi connectivity index (χ4v) is 1.96. The third-order valence-electron chi connectivity index (χ3n) is 3.11. The molecule has 0 unspecified atom stereocenters. The Kier molecular flexibility index (Phi) is 8.44. The molecule has 0 saturated heterocycles. The van der Waals surface area contributed by atoms with Crippen molar-refractivity contribution in [3.05, 3.63) is 29.8 Å². The van der Waals surface area contributed by atoms with Crippen molar-refractivity contribution < 1.29 is 9.84 Å². The van der Waals surface area contributed by atoms with Crippen molar-refractivity contribution in [2.45, 2.75) is 25.7 Å².